The van der Waals surface area contributed by atoms with Gasteiger partial charge in [0.25, 0.3) is 0 Å². The molecule has 21 heavy (non-hydrogen) atoms. The number of phenols is 2. The first-order valence-corrected chi connectivity index (χ1v) is 6.80. The van der Waals surface area contributed by atoms with Crippen LogP contribution in [0.3, 0.4) is 0 Å². The smallest absolute Gasteiger partial charge is 0.119 e. The zero-order valence-electron chi connectivity index (χ0n) is 11.7. The lowest BCUT2D eigenvalue weighted by atomic mass is 10.1. The Kier molecular flexibility index (Phi) is 5.41. The number of aromatic hydroxyl groups is 2. The van der Waals surface area contributed by atoms with Crippen LogP contribution in [0.25, 0.3) is 0 Å². The van der Waals surface area contributed by atoms with E-state index < -0.39 is 0 Å². The van der Waals surface area contributed by atoms with Crippen LogP contribution in [0.2, 0.25) is 0 Å². The Balaban J connectivity index is 0.000000173. The minimum atomic E-state index is 0.0880. The van der Waals surface area contributed by atoms with Gasteiger partial charge in [-0.2, -0.15) is 0 Å². The van der Waals surface area contributed by atoms with Crippen molar-refractivity contribution in [2.75, 3.05) is 0 Å². The summed E-state index contributed by atoms with van der Waals surface area (Å²) in [6.07, 6.45) is 1.03. The van der Waals surface area contributed by atoms with E-state index in [-0.39, 0.29) is 11.5 Å². The summed E-state index contributed by atoms with van der Waals surface area (Å²) in [6, 6.07) is 26.9. The Morgan fingerprint density at radius 1 is 0.524 bits per heavy atom. The molecular formula is C19H18O2. The Morgan fingerprint density at radius 2 is 0.952 bits per heavy atom. The summed E-state index contributed by atoms with van der Waals surface area (Å²) in [4.78, 5) is 0. The van der Waals surface area contributed by atoms with E-state index in [2.05, 4.69) is 60.7 Å². The number of hydrogen-bond donors (Lipinski definition) is 2. The topological polar surface area (TPSA) is 40.5 Å². The predicted molar refractivity (Wildman–Crippen MR) is 85.5 cm³/mol. The number of phenolic OH excluding ortho intramolecular Hbond substituents is 2. The monoisotopic (exact) mass is 278 g/mol. The predicted octanol–water partition coefficient (Wildman–Crippen LogP) is 4.38. The Morgan fingerprint density at radius 3 is 1.29 bits per heavy atom. The SMILES string of the molecule is Oc1cccc(O)c1.c1ccc(Cc2ccccc2)cc1. The number of benzene rings is 3. The number of hydrogen-bond acceptors (Lipinski definition) is 2. The molecular weight excluding hydrogens is 260 g/mol. The van der Waals surface area contributed by atoms with Gasteiger partial charge in [0.1, 0.15) is 11.5 Å². The lowest BCUT2D eigenvalue weighted by Gasteiger charge is -2.00. The van der Waals surface area contributed by atoms with Gasteiger partial charge < -0.3 is 10.2 Å². The maximum absolute atomic E-state index is 8.65. The van der Waals surface area contributed by atoms with Gasteiger partial charge in [-0.25, -0.2) is 0 Å². The van der Waals surface area contributed by atoms with Crippen LogP contribution in [-0.2, 0) is 6.42 Å². The van der Waals surface area contributed by atoms with E-state index in [4.69, 9.17) is 10.2 Å². The van der Waals surface area contributed by atoms with E-state index in [1.165, 1.54) is 29.3 Å². The molecule has 0 aromatic heterocycles. The minimum Gasteiger partial charge on any atom is -0.508 e. The summed E-state index contributed by atoms with van der Waals surface area (Å²) in [5.41, 5.74) is 2.74. The van der Waals surface area contributed by atoms with Crippen LogP contribution in [0.1, 0.15) is 11.1 Å². The summed E-state index contributed by atoms with van der Waals surface area (Å²) in [6.45, 7) is 0. The fourth-order valence-electron chi connectivity index (χ4n) is 1.92. The van der Waals surface area contributed by atoms with Crippen molar-refractivity contribution < 1.29 is 10.2 Å². The van der Waals surface area contributed by atoms with Crippen molar-refractivity contribution in [2.24, 2.45) is 0 Å². The van der Waals surface area contributed by atoms with Crippen molar-refractivity contribution in [1.82, 2.24) is 0 Å². The molecule has 0 aliphatic rings. The highest BCUT2D eigenvalue weighted by Gasteiger charge is 1.92. The molecule has 0 atom stereocenters. The molecule has 0 bridgehead atoms. The van der Waals surface area contributed by atoms with E-state index in [9.17, 15) is 0 Å². The van der Waals surface area contributed by atoms with E-state index in [1.807, 2.05) is 0 Å². The minimum absolute atomic E-state index is 0.0880. The maximum atomic E-state index is 8.65. The lowest BCUT2D eigenvalue weighted by Crippen LogP contribution is -1.85. The standard InChI is InChI=1S/C13H12.C6H6O2/c1-3-7-12(8-4-1)11-13-9-5-2-6-10-13;7-5-2-1-3-6(8)4-5/h1-10H,11H2;1-4,7-8H. The highest BCUT2D eigenvalue weighted by molar-refractivity contribution is 5.30. The molecule has 0 heterocycles. The quantitative estimate of drug-likeness (QED) is 0.730. The molecule has 0 saturated heterocycles. The average molecular weight is 278 g/mol. The molecule has 2 nitrogen and oxygen atoms in total. The third-order valence-electron chi connectivity index (χ3n) is 2.92. The van der Waals surface area contributed by atoms with Crippen molar-refractivity contribution in [2.45, 2.75) is 6.42 Å². The normalized spacial score (nSPS) is 9.52. The van der Waals surface area contributed by atoms with E-state index in [1.54, 1.807) is 6.07 Å². The third kappa shape index (κ3) is 5.41. The molecule has 0 amide bonds. The second-order valence-corrected chi connectivity index (χ2v) is 4.67. The molecule has 0 saturated carbocycles. The molecule has 106 valence electrons. The van der Waals surface area contributed by atoms with Crippen LogP contribution < -0.4 is 0 Å². The maximum Gasteiger partial charge on any atom is 0.119 e. The van der Waals surface area contributed by atoms with E-state index in [0.717, 1.165) is 6.42 Å². The molecule has 0 aliphatic carbocycles. The second kappa shape index (κ2) is 7.75. The fraction of sp³-hybridized carbons (Fsp3) is 0.0526. The first kappa shape index (κ1) is 14.7. The van der Waals surface area contributed by atoms with Crippen LogP contribution in [0, 0.1) is 0 Å². The van der Waals surface area contributed by atoms with Crippen LogP contribution in [0.15, 0.2) is 84.9 Å². The van der Waals surface area contributed by atoms with Crippen LogP contribution in [0.5, 0.6) is 11.5 Å². The van der Waals surface area contributed by atoms with Crippen molar-refractivity contribution in [3.8, 4) is 11.5 Å². The zero-order chi connectivity index (χ0) is 14.9. The average Bonchev–Trinajstić information content (AvgIpc) is 2.50. The lowest BCUT2D eigenvalue weighted by molar-refractivity contribution is 0.450. The van der Waals surface area contributed by atoms with Gasteiger partial charge in [0.15, 0.2) is 0 Å². The van der Waals surface area contributed by atoms with Gasteiger partial charge in [0.2, 0.25) is 0 Å². The van der Waals surface area contributed by atoms with Crippen molar-refractivity contribution in [3.63, 3.8) is 0 Å². The molecule has 2 heteroatoms. The van der Waals surface area contributed by atoms with Crippen molar-refractivity contribution in [1.29, 1.82) is 0 Å². The third-order valence-corrected chi connectivity index (χ3v) is 2.92. The van der Waals surface area contributed by atoms with Gasteiger partial charge in [-0.05, 0) is 29.7 Å². The molecule has 3 rings (SSSR count). The van der Waals surface area contributed by atoms with Crippen molar-refractivity contribution in [3.05, 3.63) is 96.1 Å². The summed E-state index contributed by atoms with van der Waals surface area (Å²) >= 11 is 0. The molecule has 0 aliphatic heterocycles. The van der Waals surface area contributed by atoms with Crippen LogP contribution in [-0.4, -0.2) is 10.2 Å². The molecule has 0 unspecified atom stereocenters. The van der Waals surface area contributed by atoms with Gasteiger partial charge in [0, 0.05) is 6.07 Å². The molecule has 3 aromatic rings. The first-order chi connectivity index (χ1) is 10.2. The molecule has 0 fully saturated rings. The summed E-state index contributed by atoms with van der Waals surface area (Å²) in [5.74, 6) is 0.176. The Hall–Kier alpha value is -2.74. The Bertz CT molecular complexity index is 594. The first-order valence-electron chi connectivity index (χ1n) is 6.80. The van der Waals surface area contributed by atoms with Gasteiger partial charge in [0.05, 0.1) is 0 Å². The van der Waals surface area contributed by atoms with Gasteiger partial charge in [-0.15, -0.1) is 0 Å². The van der Waals surface area contributed by atoms with Gasteiger partial charge >= 0.3 is 0 Å². The molecule has 0 spiro atoms. The highest BCUT2D eigenvalue weighted by atomic mass is 16.3. The summed E-state index contributed by atoms with van der Waals surface area (Å²) in [7, 11) is 0. The summed E-state index contributed by atoms with van der Waals surface area (Å²) in [5, 5.41) is 17.3. The summed E-state index contributed by atoms with van der Waals surface area (Å²) < 4.78 is 0. The van der Waals surface area contributed by atoms with Gasteiger partial charge in [-0.1, -0.05) is 66.7 Å². The van der Waals surface area contributed by atoms with E-state index in [0.29, 0.717) is 0 Å². The Labute approximate surface area is 125 Å². The molecule has 2 N–H and O–H groups in total. The van der Waals surface area contributed by atoms with Crippen LogP contribution >= 0.6 is 0 Å². The zero-order valence-corrected chi connectivity index (χ0v) is 11.7. The van der Waals surface area contributed by atoms with E-state index >= 15 is 0 Å². The van der Waals surface area contributed by atoms with Crippen molar-refractivity contribution >= 4 is 0 Å². The second-order valence-electron chi connectivity index (χ2n) is 4.67. The number of rotatable bonds is 2. The van der Waals surface area contributed by atoms with Gasteiger partial charge in [-0.3, -0.25) is 0 Å². The fourth-order valence-corrected chi connectivity index (χ4v) is 1.92. The molecule has 3 aromatic carbocycles. The molecule has 0 radical (unpaired) electrons. The largest absolute Gasteiger partial charge is 0.508 e. The highest BCUT2D eigenvalue weighted by Crippen LogP contribution is 2.14. The van der Waals surface area contributed by atoms with Crippen LogP contribution in [0.4, 0.5) is 0 Å².